The average molecular weight is 433 g/mol. The molecular formula is C20H24N4O5S. The van der Waals surface area contributed by atoms with E-state index >= 15 is 0 Å². The molecule has 160 valence electrons. The van der Waals surface area contributed by atoms with Gasteiger partial charge in [-0.05, 0) is 36.6 Å². The minimum Gasteiger partial charge on any atom is -0.384 e. The number of amides is 3. The molecule has 0 unspecified atom stereocenters. The summed E-state index contributed by atoms with van der Waals surface area (Å²) < 4.78 is 27.8. The van der Waals surface area contributed by atoms with Crippen LogP contribution >= 0.6 is 0 Å². The summed E-state index contributed by atoms with van der Waals surface area (Å²) in [6, 6.07) is 11.0. The van der Waals surface area contributed by atoms with Crippen LogP contribution in [0.3, 0.4) is 0 Å². The Morgan fingerprint density at radius 3 is 2.63 bits per heavy atom. The second-order valence-electron chi connectivity index (χ2n) is 7.25. The first-order valence-electron chi connectivity index (χ1n) is 9.39. The molecule has 1 fully saturated rings. The number of anilines is 1. The Balaban J connectivity index is 1.74. The fourth-order valence-electron chi connectivity index (χ4n) is 3.42. The number of carbonyl (C=O) groups is 2. The number of hydrogen-bond donors (Lipinski definition) is 2. The molecule has 0 aliphatic carbocycles. The molecule has 0 bridgehead atoms. The number of nitrogens with one attached hydrogen (secondary N) is 1. The van der Waals surface area contributed by atoms with Crippen molar-refractivity contribution in [3.05, 3.63) is 59.8 Å². The van der Waals surface area contributed by atoms with Gasteiger partial charge in [-0.3, -0.25) is 13.9 Å². The summed E-state index contributed by atoms with van der Waals surface area (Å²) in [7, 11) is -3.73. The number of nitrogens with zero attached hydrogens (tertiary/aromatic N) is 2. The van der Waals surface area contributed by atoms with Gasteiger partial charge in [0.15, 0.2) is 0 Å². The monoisotopic (exact) mass is 432 g/mol. The van der Waals surface area contributed by atoms with Crippen molar-refractivity contribution in [2.24, 2.45) is 5.92 Å². The number of benzene rings is 1. The van der Waals surface area contributed by atoms with Gasteiger partial charge in [0, 0.05) is 6.20 Å². The number of pyridine rings is 1. The van der Waals surface area contributed by atoms with Crippen LogP contribution in [-0.4, -0.2) is 49.1 Å². The maximum Gasteiger partial charge on any atom is 0.324 e. The lowest BCUT2D eigenvalue weighted by atomic mass is 9.83. The van der Waals surface area contributed by atoms with Crippen molar-refractivity contribution >= 4 is 27.9 Å². The first-order valence-corrected chi connectivity index (χ1v) is 11.2. The lowest BCUT2D eigenvalue weighted by Crippen LogP contribution is -2.67. The van der Waals surface area contributed by atoms with Gasteiger partial charge < -0.3 is 11.1 Å². The highest BCUT2D eigenvalue weighted by molar-refractivity contribution is 7.85. The summed E-state index contributed by atoms with van der Waals surface area (Å²) in [6.45, 7) is 1.50. The molecular weight excluding hydrogens is 408 g/mol. The minimum absolute atomic E-state index is 0.293. The Morgan fingerprint density at radius 2 is 2.00 bits per heavy atom. The summed E-state index contributed by atoms with van der Waals surface area (Å²) in [6.07, 6.45) is 2.75. The molecule has 1 saturated heterocycles. The third-order valence-corrected chi connectivity index (χ3v) is 5.53. The van der Waals surface area contributed by atoms with Crippen molar-refractivity contribution < 1.29 is 22.2 Å². The summed E-state index contributed by atoms with van der Waals surface area (Å²) >= 11 is 0. The Labute approximate surface area is 175 Å². The van der Waals surface area contributed by atoms with Crippen molar-refractivity contribution in [2.45, 2.75) is 25.4 Å². The van der Waals surface area contributed by atoms with E-state index in [1.165, 1.54) is 6.20 Å². The van der Waals surface area contributed by atoms with Gasteiger partial charge in [-0.15, -0.1) is 0 Å². The number of aromatic nitrogens is 1. The van der Waals surface area contributed by atoms with E-state index in [9.17, 15) is 18.0 Å². The van der Waals surface area contributed by atoms with E-state index in [0.717, 1.165) is 22.3 Å². The molecule has 10 heteroatoms. The predicted molar refractivity (Wildman–Crippen MR) is 111 cm³/mol. The van der Waals surface area contributed by atoms with Gasteiger partial charge in [-0.2, -0.15) is 8.42 Å². The van der Waals surface area contributed by atoms with E-state index in [2.05, 4.69) is 10.3 Å². The highest BCUT2D eigenvalue weighted by Crippen LogP contribution is 2.31. The Kier molecular flexibility index (Phi) is 6.37. The zero-order valence-electron chi connectivity index (χ0n) is 16.7. The van der Waals surface area contributed by atoms with E-state index in [1.807, 2.05) is 30.3 Å². The standard InChI is InChI=1S/C20H24N4O5S/c1-13(15-6-4-3-5-7-15)23-20(26)24-17(12-29-30(2,27)28)16(19(24)25)10-14-8-9-22-18(21)11-14/h3-9,11,13,16-17H,10,12H2,1-2H3,(H2,21,22)(H,23,26)/t13-,16-,17-/m1/s1. The summed E-state index contributed by atoms with van der Waals surface area (Å²) in [5.74, 6) is -0.689. The van der Waals surface area contributed by atoms with Crippen LogP contribution in [0.2, 0.25) is 0 Å². The van der Waals surface area contributed by atoms with Crippen molar-refractivity contribution in [3.8, 4) is 0 Å². The second kappa shape index (κ2) is 8.80. The zero-order chi connectivity index (χ0) is 21.9. The maximum atomic E-state index is 12.8. The largest absolute Gasteiger partial charge is 0.384 e. The van der Waals surface area contributed by atoms with E-state index in [0.29, 0.717) is 12.2 Å². The molecule has 3 atom stereocenters. The molecule has 1 aliphatic heterocycles. The number of nitrogen functional groups attached to an aromatic ring is 1. The molecule has 1 aromatic heterocycles. The zero-order valence-corrected chi connectivity index (χ0v) is 17.5. The second-order valence-corrected chi connectivity index (χ2v) is 8.89. The minimum atomic E-state index is -3.73. The molecule has 30 heavy (non-hydrogen) atoms. The average Bonchev–Trinajstić information content (AvgIpc) is 2.68. The Bertz CT molecular complexity index is 1030. The molecule has 3 N–H and O–H groups in total. The smallest absolute Gasteiger partial charge is 0.324 e. The Hall–Kier alpha value is -2.98. The van der Waals surface area contributed by atoms with Crippen LogP contribution in [0.15, 0.2) is 48.7 Å². The normalized spacial score (nSPS) is 19.8. The molecule has 2 heterocycles. The van der Waals surface area contributed by atoms with Crippen molar-refractivity contribution in [1.29, 1.82) is 0 Å². The first kappa shape index (κ1) is 21.7. The topological polar surface area (TPSA) is 132 Å². The van der Waals surface area contributed by atoms with Crippen LogP contribution in [-0.2, 0) is 25.5 Å². The molecule has 3 rings (SSSR count). The van der Waals surface area contributed by atoms with E-state index in [-0.39, 0.29) is 12.6 Å². The fourth-order valence-corrected chi connectivity index (χ4v) is 3.80. The number of carbonyl (C=O) groups excluding carboxylic acids is 2. The Morgan fingerprint density at radius 1 is 1.30 bits per heavy atom. The van der Waals surface area contributed by atoms with Gasteiger partial charge in [0.2, 0.25) is 5.91 Å². The van der Waals surface area contributed by atoms with Crippen molar-refractivity contribution in [2.75, 3.05) is 18.6 Å². The van der Waals surface area contributed by atoms with Gasteiger partial charge in [0.1, 0.15) is 5.82 Å². The van der Waals surface area contributed by atoms with E-state index < -0.39 is 34.0 Å². The van der Waals surface area contributed by atoms with Gasteiger partial charge >= 0.3 is 6.03 Å². The van der Waals surface area contributed by atoms with E-state index in [4.69, 9.17) is 9.92 Å². The van der Waals surface area contributed by atoms with Crippen molar-refractivity contribution in [1.82, 2.24) is 15.2 Å². The summed E-state index contributed by atoms with van der Waals surface area (Å²) in [4.78, 5) is 30.5. The van der Waals surface area contributed by atoms with Crippen LogP contribution < -0.4 is 11.1 Å². The lowest BCUT2D eigenvalue weighted by Gasteiger charge is -2.45. The van der Waals surface area contributed by atoms with Crippen LogP contribution in [0.5, 0.6) is 0 Å². The van der Waals surface area contributed by atoms with Gasteiger partial charge in [-0.1, -0.05) is 30.3 Å². The molecule has 3 amide bonds. The number of imide groups is 1. The van der Waals surface area contributed by atoms with Gasteiger partial charge in [0.05, 0.1) is 30.9 Å². The summed E-state index contributed by atoms with van der Waals surface area (Å²) in [5.41, 5.74) is 7.34. The van der Waals surface area contributed by atoms with Gasteiger partial charge in [0.25, 0.3) is 10.1 Å². The molecule has 0 spiro atoms. The fraction of sp³-hybridized carbons (Fsp3) is 0.350. The molecule has 1 aliphatic rings. The van der Waals surface area contributed by atoms with Crippen molar-refractivity contribution in [3.63, 3.8) is 0 Å². The van der Waals surface area contributed by atoms with Gasteiger partial charge in [-0.25, -0.2) is 9.78 Å². The van der Waals surface area contributed by atoms with Crippen LogP contribution in [0.1, 0.15) is 24.1 Å². The molecule has 2 aromatic rings. The molecule has 0 saturated carbocycles. The molecule has 0 radical (unpaired) electrons. The number of likely N-dealkylation sites (tertiary alicyclic amines) is 1. The molecule has 1 aromatic carbocycles. The van der Waals surface area contributed by atoms with E-state index in [1.54, 1.807) is 19.1 Å². The number of urea groups is 1. The number of β-lactam (4-membered cyclic amide) rings is 1. The predicted octanol–water partition coefficient (Wildman–Crippen LogP) is 1.48. The maximum absolute atomic E-state index is 12.8. The third-order valence-electron chi connectivity index (χ3n) is 4.96. The quantitative estimate of drug-likeness (QED) is 0.500. The van der Waals surface area contributed by atoms with Crippen LogP contribution in [0, 0.1) is 5.92 Å². The highest BCUT2D eigenvalue weighted by Gasteiger charge is 2.51. The highest BCUT2D eigenvalue weighted by atomic mass is 32.2. The van der Waals surface area contributed by atoms with Crippen LogP contribution in [0.4, 0.5) is 10.6 Å². The number of nitrogens with two attached hydrogens (primary N) is 1. The third kappa shape index (κ3) is 5.14. The SMILES string of the molecule is C[C@@H](NC(=O)N1C(=O)[C@H](Cc2ccnc(N)c2)[C@H]1COS(C)(=O)=O)c1ccccc1. The summed E-state index contributed by atoms with van der Waals surface area (Å²) in [5, 5.41) is 2.78. The number of hydrogen-bond acceptors (Lipinski definition) is 7. The lowest BCUT2D eigenvalue weighted by molar-refractivity contribution is -0.151. The number of rotatable bonds is 7. The van der Waals surface area contributed by atoms with Crippen LogP contribution in [0.25, 0.3) is 0 Å². The molecule has 9 nitrogen and oxygen atoms in total. The first-order chi connectivity index (χ1) is 14.2.